The molecule has 0 aliphatic heterocycles. The van der Waals surface area contributed by atoms with Gasteiger partial charge in [0.05, 0.1) is 48.2 Å². The van der Waals surface area contributed by atoms with E-state index >= 15 is 0 Å². The first kappa shape index (κ1) is 28.9. The molecule has 11 nitrogen and oxygen atoms in total. The quantitative estimate of drug-likeness (QED) is 0.169. The summed E-state index contributed by atoms with van der Waals surface area (Å²) in [7, 11) is 11.1. The molecule has 0 spiro atoms. The number of likely N-dealkylation sites (N-methyl/N-ethyl adjacent to an activating group) is 2. The van der Waals surface area contributed by atoms with Crippen LogP contribution in [0.4, 0.5) is 23.0 Å². The number of nitrogens with one attached hydrogen (secondary N) is 2. The predicted octanol–water partition coefficient (Wildman–Crippen LogP) is 4.36. The monoisotopic (exact) mass is 566 g/mol. The van der Waals surface area contributed by atoms with Crippen LogP contribution in [-0.4, -0.2) is 84.2 Å². The van der Waals surface area contributed by atoms with Crippen LogP contribution in [0.1, 0.15) is 0 Å². The topological polar surface area (TPSA) is 113 Å². The second kappa shape index (κ2) is 12.4. The van der Waals surface area contributed by atoms with Crippen LogP contribution in [0.25, 0.3) is 22.2 Å². The van der Waals surface area contributed by atoms with Crippen molar-refractivity contribution in [2.24, 2.45) is 7.05 Å². The molecule has 1 aromatic carbocycles. The number of aromatic nitrogens is 4. The van der Waals surface area contributed by atoms with E-state index in [2.05, 4.69) is 37.0 Å². The molecule has 4 rings (SSSR count). The Labute approximate surface area is 239 Å². The van der Waals surface area contributed by atoms with E-state index in [0.29, 0.717) is 39.7 Å². The number of aliphatic hydroxyl groups excluding tert-OH is 1. The number of nitrogens with zero attached hydrogens (tertiary/aromatic N) is 6. The van der Waals surface area contributed by atoms with Crippen molar-refractivity contribution in [1.29, 1.82) is 0 Å². The van der Waals surface area contributed by atoms with E-state index < -0.39 is 6.23 Å². The van der Waals surface area contributed by atoms with Gasteiger partial charge in [0, 0.05) is 56.6 Å². The predicted molar refractivity (Wildman–Crippen MR) is 161 cm³/mol. The van der Waals surface area contributed by atoms with E-state index in [0.717, 1.165) is 35.2 Å². The van der Waals surface area contributed by atoms with Crippen LogP contribution in [-0.2, 0) is 7.05 Å². The second-order valence-electron chi connectivity index (χ2n) is 9.50. The zero-order valence-electron chi connectivity index (χ0n) is 23.6. The summed E-state index contributed by atoms with van der Waals surface area (Å²) in [5, 5.41) is 17.9. The van der Waals surface area contributed by atoms with Crippen LogP contribution in [0.5, 0.6) is 11.6 Å². The molecule has 0 fully saturated rings. The summed E-state index contributed by atoms with van der Waals surface area (Å²) < 4.78 is 13.1. The van der Waals surface area contributed by atoms with E-state index in [9.17, 15) is 5.11 Å². The van der Waals surface area contributed by atoms with Gasteiger partial charge in [-0.15, -0.1) is 0 Å². The Hall–Kier alpha value is -4.06. The van der Waals surface area contributed by atoms with Gasteiger partial charge in [-0.1, -0.05) is 18.2 Å². The summed E-state index contributed by atoms with van der Waals surface area (Å²) in [5.74, 6) is 1.39. The summed E-state index contributed by atoms with van der Waals surface area (Å²) in [6.07, 6.45) is 5.64. The Morgan fingerprint density at radius 3 is 2.58 bits per heavy atom. The summed E-state index contributed by atoms with van der Waals surface area (Å²) >= 11 is 6.58. The summed E-state index contributed by atoms with van der Waals surface area (Å²) in [6, 6.07) is 5.71. The third kappa shape index (κ3) is 6.06. The molecule has 0 saturated heterocycles. The highest BCUT2D eigenvalue weighted by molar-refractivity contribution is 6.33. The molecule has 0 aliphatic rings. The fourth-order valence-electron chi connectivity index (χ4n) is 4.30. The van der Waals surface area contributed by atoms with Gasteiger partial charge >= 0.3 is 0 Å². The van der Waals surface area contributed by atoms with Crippen LogP contribution in [0.3, 0.4) is 0 Å². The van der Waals surface area contributed by atoms with Crippen LogP contribution in [0, 0.1) is 0 Å². The summed E-state index contributed by atoms with van der Waals surface area (Å²) in [6.45, 7) is 5.28. The minimum atomic E-state index is -0.948. The van der Waals surface area contributed by atoms with E-state index in [-0.39, 0.29) is 0 Å². The number of aliphatic hydroxyl groups is 1. The standard InChI is InChI=1S/C28H35ClN8O3/c1-8-24(38)32-20-13-21(23(39-6)14-22(20)36(4)12-11-35(2)3)33-28-31-16-19(29)25(34-28)18-15-30-27(40-7)26-17(18)9-10-37(26)5/h8-10,13-16,24,32,38H,1,11-12H2,2-7H3,(H,31,33,34). The van der Waals surface area contributed by atoms with Gasteiger partial charge in [0.2, 0.25) is 11.8 Å². The van der Waals surface area contributed by atoms with Crippen LogP contribution >= 0.6 is 11.6 Å². The van der Waals surface area contributed by atoms with Crippen molar-refractivity contribution < 1.29 is 14.6 Å². The molecule has 212 valence electrons. The number of hydrogen-bond donors (Lipinski definition) is 3. The third-order valence-corrected chi connectivity index (χ3v) is 6.73. The Bertz CT molecular complexity index is 1510. The number of aryl methyl sites for hydroxylation is 1. The zero-order chi connectivity index (χ0) is 29.0. The maximum Gasteiger partial charge on any atom is 0.238 e. The van der Waals surface area contributed by atoms with Crippen molar-refractivity contribution in [2.45, 2.75) is 6.23 Å². The van der Waals surface area contributed by atoms with Crippen molar-refractivity contribution in [1.82, 2.24) is 24.4 Å². The average molecular weight is 567 g/mol. The number of ether oxygens (including phenoxy) is 2. The molecule has 0 saturated carbocycles. The van der Waals surface area contributed by atoms with Crippen LogP contribution in [0.2, 0.25) is 5.02 Å². The molecule has 0 radical (unpaired) electrons. The minimum Gasteiger partial charge on any atom is -0.494 e. The Balaban J connectivity index is 1.75. The number of halogens is 1. The molecule has 3 N–H and O–H groups in total. The molecular formula is C28H35ClN8O3. The number of rotatable bonds is 12. The lowest BCUT2D eigenvalue weighted by Crippen LogP contribution is -2.29. The number of hydrogen-bond acceptors (Lipinski definition) is 10. The van der Waals surface area contributed by atoms with Crippen molar-refractivity contribution in [3.05, 3.63) is 54.5 Å². The van der Waals surface area contributed by atoms with Gasteiger partial charge in [0.15, 0.2) is 0 Å². The lowest BCUT2D eigenvalue weighted by Gasteiger charge is -2.27. The Morgan fingerprint density at radius 1 is 1.12 bits per heavy atom. The molecule has 0 bridgehead atoms. The van der Waals surface area contributed by atoms with E-state index in [1.165, 1.54) is 6.08 Å². The highest BCUT2D eigenvalue weighted by Gasteiger charge is 2.19. The third-order valence-electron chi connectivity index (χ3n) is 6.45. The first-order valence-corrected chi connectivity index (χ1v) is 13.0. The second-order valence-corrected chi connectivity index (χ2v) is 9.91. The molecule has 4 aromatic rings. The van der Waals surface area contributed by atoms with E-state index in [1.807, 2.05) is 57.2 Å². The first-order valence-electron chi connectivity index (χ1n) is 12.6. The lowest BCUT2D eigenvalue weighted by atomic mass is 10.1. The smallest absolute Gasteiger partial charge is 0.238 e. The Kier molecular flexibility index (Phi) is 8.98. The summed E-state index contributed by atoms with van der Waals surface area (Å²) in [4.78, 5) is 17.8. The number of anilines is 4. The molecule has 12 heteroatoms. The number of benzene rings is 1. The van der Waals surface area contributed by atoms with Gasteiger partial charge in [-0.25, -0.2) is 15.0 Å². The van der Waals surface area contributed by atoms with E-state index in [1.54, 1.807) is 26.6 Å². The molecule has 0 amide bonds. The molecule has 3 aromatic heterocycles. The highest BCUT2D eigenvalue weighted by Crippen LogP contribution is 2.39. The van der Waals surface area contributed by atoms with Crippen LogP contribution < -0.4 is 25.0 Å². The van der Waals surface area contributed by atoms with Gasteiger partial charge in [-0.05, 0) is 32.3 Å². The maximum absolute atomic E-state index is 10.3. The lowest BCUT2D eigenvalue weighted by molar-refractivity contribution is 0.253. The van der Waals surface area contributed by atoms with Gasteiger partial charge in [-0.2, -0.15) is 0 Å². The van der Waals surface area contributed by atoms with Gasteiger partial charge in [0.25, 0.3) is 0 Å². The number of pyridine rings is 1. The Morgan fingerprint density at radius 2 is 1.90 bits per heavy atom. The van der Waals surface area contributed by atoms with Crippen LogP contribution in [0.15, 0.2) is 49.4 Å². The zero-order valence-corrected chi connectivity index (χ0v) is 24.3. The highest BCUT2D eigenvalue weighted by atomic mass is 35.5. The van der Waals surface area contributed by atoms with Crippen molar-refractivity contribution >= 4 is 45.5 Å². The molecule has 3 heterocycles. The molecule has 1 atom stereocenters. The normalized spacial score (nSPS) is 11.9. The summed E-state index contributed by atoms with van der Waals surface area (Å²) in [5.41, 5.74) is 4.21. The molecular weight excluding hydrogens is 532 g/mol. The largest absolute Gasteiger partial charge is 0.494 e. The van der Waals surface area contributed by atoms with Gasteiger partial charge in [-0.3, -0.25) is 0 Å². The SMILES string of the molecule is C=CC(O)Nc1cc(Nc2ncc(Cl)c(-c3cnc(OC)c4c3ccn4C)n2)c(OC)cc1N(C)CCN(C)C. The van der Waals surface area contributed by atoms with Crippen molar-refractivity contribution in [2.75, 3.05) is 64.0 Å². The first-order chi connectivity index (χ1) is 19.2. The fraction of sp³-hybridized carbons (Fsp3) is 0.321. The average Bonchev–Trinajstić information content (AvgIpc) is 3.34. The van der Waals surface area contributed by atoms with Gasteiger partial charge in [0.1, 0.15) is 17.5 Å². The van der Waals surface area contributed by atoms with Gasteiger partial charge < -0.3 is 39.6 Å². The fourth-order valence-corrected chi connectivity index (χ4v) is 4.49. The van der Waals surface area contributed by atoms with E-state index in [4.69, 9.17) is 26.1 Å². The molecule has 40 heavy (non-hydrogen) atoms. The molecule has 0 aliphatic carbocycles. The number of fused-ring (bicyclic) bond motifs is 1. The number of methoxy groups -OCH3 is 2. The minimum absolute atomic E-state index is 0.307. The van der Waals surface area contributed by atoms with Crippen molar-refractivity contribution in [3.8, 4) is 22.9 Å². The maximum atomic E-state index is 10.3. The van der Waals surface area contributed by atoms with Crippen molar-refractivity contribution in [3.63, 3.8) is 0 Å². The molecule has 1 unspecified atom stereocenters.